The Morgan fingerprint density at radius 1 is 1.17 bits per heavy atom. The summed E-state index contributed by atoms with van der Waals surface area (Å²) in [5, 5.41) is 3.10. The Bertz CT molecular complexity index is 699. The molecule has 0 aromatic heterocycles. The van der Waals surface area contributed by atoms with Gasteiger partial charge in [-0.25, -0.2) is 0 Å². The number of hydrogen-bond acceptors (Lipinski definition) is 3. The lowest BCUT2D eigenvalue weighted by atomic mass is 10.1. The molecule has 0 radical (unpaired) electrons. The molecule has 0 saturated heterocycles. The summed E-state index contributed by atoms with van der Waals surface area (Å²) in [6, 6.07) is 15.7. The molecule has 4 nitrogen and oxygen atoms in total. The maximum absolute atomic E-state index is 12.4. The van der Waals surface area contributed by atoms with E-state index in [0.717, 1.165) is 23.3 Å². The summed E-state index contributed by atoms with van der Waals surface area (Å²) < 4.78 is 10.5. The van der Waals surface area contributed by atoms with Gasteiger partial charge in [-0.15, -0.1) is 0 Å². The fourth-order valence-electron chi connectivity index (χ4n) is 2.89. The van der Waals surface area contributed by atoms with Crippen molar-refractivity contribution in [2.24, 2.45) is 0 Å². The summed E-state index contributed by atoms with van der Waals surface area (Å²) in [6.45, 7) is 0.508. The van der Waals surface area contributed by atoms with Gasteiger partial charge in [0.05, 0.1) is 13.7 Å². The monoisotopic (exact) mass is 311 g/mol. The van der Waals surface area contributed by atoms with Crippen LogP contribution in [-0.2, 0) is 11.3 Å². The van der Waals surface area contributed by atoms with E-state index in [2.05, 4.69) is 11.4 Å². The minimum Gasteiger partial charge on any atom is -0.496 e. The molecular formula is C19H21NO3. The normalized spacial score (nSPS) is 19.2. The molecule has 1 N–H and O–H groups in total. The van der Waals surface area contributed by atoms with Crippen LogP contribution in [0.4, 0.5) is 0 Å². The first-order valence-corrected chi connectivity index (χ1v) is 7.74. The van der Waals surface area contributed by atoms with Crippen LogP contribution in [0.3, 0.4) is 0 Å². The summed E-state index contributed by atoms with van der Waals surface area (Å²) in [6.07, 6.45) is 0.948. The molecule has 4 heteroatoms. The Kier molecular flexibility index (Phi) is 4.63. The first-order valence-electron chi connectivity index (χ1n) is 7.74. The maximum atomic E-state index is 12.4. The van der Waals surface area contributed by atoms with E-state index in [1.54, 1.807) is 14.2 Å². The topological polar surface area (TPSA) is 47.6 Å². The molecule has 0 bridgehead atoms. The molecule has 2 atom stereocenters. The number of methoxy groups -OCH3 is 2. The van der Waals surface area contributed by atoms with Crippen molar-refractivity contribution in [2.45, 2.75) is 25.0 Å². The van der Waals surface area contributed by atoms with Crippen molar-refractivity contribution >= 4 is 5.91 Å². The number of nitrogens with one attached hydrogen (secondary N) is 1. The van der Waals surface area contributed by atoms with Crippen LogP contribution in [0, 0.1) is 0 Å². The second kappa shape index (κ2) is 6.84. The van der Waals surface area contributed by atoms with Gasteiger partial charge < -0.3 is 14.8 Å². The summed E-state index contributed by atoms with van der Waals surface area (Å²) in [5.74, 6) is 1.18. The van der Waals surface area contributed by atoms with Crippen molar-refractivity contribution in [1.29, 1.82) is 0 Å². The summed E-state index contributed by atoms with van der Waals surface area (Å²) >= 11 is 0. The van der Waals surface area contributed by atoms with Gasteiger partial charge in [-0.2, -0.15) is 0 Å². The molecule has 1 saturated carbocycles. The quantitative estimate of drug-likeness (QED) is 0.891. The van der Waals surface area contributed by atoms with Crippen LogP contribution in [0.2, 0.25) is 0 Å². The van der Waals surface area contributed by atoms with Gasteiger partial charge in [0.1, 0.15) is 5.75 Å². The lowest BCUT2D eigenvalue weighted by Gasteiger charge is -2.09. The van der Waals surface area contributed by atoms with Gasteiger partial charge in [0.15, 0.2) is 0 Å². The second-order valence-electron chi connectivity index (χ2n) is 5.80. The number of amides is 1. The molecule has 2 aromatic rings. The first kappa shape index (κ1) is 15.6. The van der Waals surface area contributed by atoms with E-state index in [0.29, 0.717) is 18.1 Å². The lowest BCUT2D eigenvalue weighted by Crippen LogP contribution is -2.26. The minimum atomic E-state index is -0.0367. The largest absolute Gasteiger partial charge is 0.496 e. The molecular weight excluding hydrogens is 290 g/mol. The predicted molar refractivity (Wildman–Crippen MR) is 88.8 cm³/mol. The highest BCUT2D eigenvalue weighted by atomic mass is 16.5. The van der Waals surface area contributed by atoms with Gasteiger partial charge in [-0.3, -0.25) is 4.79 Å². The molecule has 1 amide bonds. The van der Waals surface area contributed by atoms with Crippen molar-refractivity contribution in [3.05, 3.63) is 65.2 Å². The number of benzene rings is 2. The summed E-state index contributed by atoms with van der Waals surface area (Å²) in [7, 11) is 3.32. The fraction of sp³-hybridized carbons (Fsp3) is 0.316. The summed E-state index contributed by atoms with van der Waals surface area (Å²) in [4.78, 5) is 12.4. The van der Waals surface area contributed by atoms with Crippen molar-refractivity contribution in [3.63, 3.8) is 0 Å². The Labute approximate surface area is 136 Å². The van der Waals surface area contributed by atoms with E-state index < -0.39 is 0 Å². The third kappa shape index (κ3) is 3.54. The molecule has 0 spiro atoms. The van der Waals surface area contributed by atoms with E-state index in [-0.39, 0.29) is 11.9 Å². The number of ether oxygens (including phenoxy) is 2. The second-order valence-corrected chi connectivity index (χ2v) is 5.80. The average molecular weight is 311 g/mol. The molecule has 0 unspecified atom stereocenters. The highest BCUT2D eigenvalue weighted by Crippen LogP contribution is 2.44. The zero-order valence-corrected chi connectivity index (χ0v) is 13.4. The zero-order chi connectivity index (χ0) is 16.2. The Balaban J connectivity index is 1.65. The molecule has 0 heterocycles. The van der Waals surface area contributed by atoms with Gasteiger partial charge in [0.25, 0.3) is 5.91 Å². The lowest BCUT2D eigenvalue weighted by molar-refractivity contribution is 0.0950. The van der Waals surface area contributed by atoms with Crippen molar-refractivity contribution in [1.82, 2.24) is 5.32 Å². The number of para-hydroxylation sites is 1. The smallest absolute Gasteiger partial charge is 0.251 e. The maximum Gasteiger partial charge on any atom is 0.251 e. The van der Waals surface area contributed by atoms with E-state index in [9.17, 15) is 4.79 Å². The van der Waals surface area contributed by atoms with Gasteiger partial charge in [-0.1, -0.05) is 30.3 Å². The van der Waals surface area contributed by atoms with Crippen molar-refractivity contribution in [2.75, 3.05) is 14.2 Å². The highest BCUT2D eigenvalue weighted by Gasteiger charge is 2.41. The van der Waals surface area contributed by atoms with Crippen LogP contribution in [-0.4, -0.2) is 26.2 Å². The fourth-order valence-corrected chi connectivity index (χ4v) is 2.89. The Morgan fingerprint density at radius 2 is 2.00 bits per heavy atom. The van der Waals surface area contributed by atoms with Crippen molar-refractivity contribution < 1.29 is 14.3 Å². The molecule has 1 aliphatic carbocycles. The van der Waals surface area contributed by atoms with Crippen LogP contribution < -0.4 is 10.1 Å². The SMILES string of the molecule is COCc1cccc(C(=O)N[C@@H]2C[C@@H]2c2ccccc2OC)c1. The number of carbonyl (C=O) groups is 1. The average Bonchev–Trinajstić information content (AvgIpc) is 3.34. The summed E-state index contributed by atoms with van der Waals surface area (Å²) in [5.41, 5.74) is 2.83. The van der Waals surface area contributed by atoms with Gasteiger partial charge >= 0.3 is 0 Å². The number of hydrogen-bond donors (Lipinski definition) is 1. The van der Waals surface area contributed by atoms with Crippen LogP contribution in [0.1, 0.15) is 33.8 Å². The van der Waals surface area contributed by atoms with Gasteiger partial charge in [0, 0.05) is 24.6 Å². The number of rotatable bonds is 6. The number of carbonyl (C=O) groups excluding carboxylic acids is 1. The van der Waals surface area contributed by atoms with E-state index in [1.807, 2.05) is 42.5 Å². The van der Waals surface area contributed by atoms with Crippen LogP contribution in [0.15, 0.2) is 48.5 Å². The molecule has 2 aromatic carbocycles. The molecule has 1 fully saturated rings. The van der Waals surface area contributed by atoms with E-state index >= 15 is 0 Å². The van der Waals surface area contributed by atoms with Crippen LogP contribution >= 0.6 is 0 Å². The Morgan fingerprint density at radius 3 is 2.78 bits per heavy atom. The third-order valence-electron chi connectivity index (χ3n) is 4.15. The van der Waals surface area contributed by atoms with Gasteiger partial charge in [-0.05, 0) is 35.7 Å². The predicted octanol–water partition coefficient (Wildman–Crippen LogP) is 3.13. The standard InChI is InChI=1S/C19H21NO3/c1-22-12-13-6-5-7-14(10-13)19(21)20-17-11-16(17)15-8-3-4-9-18(15)23-2/h3-10,16-17H,11-12H2,1-2H3,(H,20,21)/t16-,17-/m1/s1. The highest BCUT2D eigenvalue weighted by molar-refractivity contribution is 5.94. The first-order chi connectivity index (χ1) is 11.2. The molecule has 3 rings (SSSR count). The van der Waals surface area contributed by atoms with E-state index in [1.165, 1.54) is 0 Å². The van der Waals surface area contributed by atoms with Gasteiger partial charge in [0.2, 0.25) is 0 Å². The molecule has 0 aliphatic heterocycles. The molecule has 23 heavy (non-hydrogen) atoms. The molecule has 120 valence electrons. The van der Waals surface area contributed by atoms with E-state index in [4.69, 9.17) is 9.47 Å². The zero-order valence-electron chi connectivity index (χ0n) is 13.4. The third-order valence-corrected chi connectivity index (χ3v) is 4.15. The van der Waals surface area contributed by atoms with Crippen LogP contribution in [0.5, 0.6) is 5.75 Å². The molecule has 1 aliphatic rings. The van der Waals surface area contributed by atoms with Crippen LogP contribution in [0.25, 0.3) is 0 Å². The minimum absolute atomic E-state index is 0.0367. The van der Waals surface area contributed by atoms with Crippen molar-refractivity contribution in [3.8, 4) is 5.75 Å². The Hall–Kier alpha value is -2.33.